The lowest BCUT2D eigenvalue weighted by atomic mass is 10.2. The average molecular weight is 446 g/mol. The van der Waals surface area contributed by atoms with Gasteiger partial charge in [-0.1, -0.05) is 50.2 Å². The lowest BCUT2D eigenvalue weighted by Crippen LogP contribution is -2.31. The maximum atomic E-state index is 12.9. The number of carbonyl (C=O) groups is 1. The molecule has 0 aliphatic carbocycles. The van der Waals surface area contributed by atoms with Crippen molar-refractivity contribution < 1.29 is 23.1 Å². The highest BCUT2D eigenvalue weighted by Crippen LogP contribution is 2.26. The Labute approximate surface area is 182 Å². The van der Waals surface area contributed by atoms with Crippen LogP contribution in [0.4, 0.5) is 5.69 Å². The molecule has 0 radical (unpaired) electrons. The van der Waals surface area contributed by atoms with Crippen molar-refractivity contribution in [2.45, 2.75) is 39.2 Å². The number of ether oxygens (including phenoxy) is 1. The second kappa shape index (κ2) is 10.8. The SMILES string of the molecule is CCN(CC)S(=O)(=O)c1cc(N=NC(C(=O)OCc2ccccc2)=C(C)O)ccc1C. The molecule has 0 spiro atoms. The van der Waals surface area contributed by atoms with Gasteiger partial charge in [-0.15, -0.1) is 5.11 Å². The first-order valence-corrected chi connectivity index (χ1v) is 11.3. The highest BCUT2D eigenvalue weighted by Gasteiger charge is 2.24. The topological polar surface area (TPSA) is 109 Å². The van der Waals surface area contributed by atoms with Gasteiger partial charge in [0.05, 0.1) is 10.6 Å². The Morgan fingerprint density at radius 1 is 1.10 bits per heavy atom. The number of aryl methyl sites for hydroxylation is 1. The molecule has 9 heteroatoms. The normalized spacial score (nSPS) is 12.8. The maximum absolute atomic E-state index is 12.9. The molecular formula is C22H27N3O5S. The molecule has 0 fully saturated rings. The molecule has 0 aromatic heterocycles. The van der Waals surface area contributed by atoms with Crippen LogP contribution < -0.4 is 0 Å². The van der Waals surface area contributed by atoms with Crippen molar-refractivity contribution in [3.05, 3.63) is 71.1 Å². The fourth-order valence-electron chi connectivity index (χ4n) is 2.79. The molecule has 0 bridgehead atoms. The molecule has 0 heterocycles. The number of benzene rings is 2. The summed E-state index contributed by atoms with van der Waals surface area (Å²) in [6.07, 6.45) is 0. The number of sulfonamides is 1. The Bertz CT molecular complexity index is 1070. The molecule has 8 nitrogen and oxygen atoms in total. The Kier molecular flexibility index (Phi) is 8.47. The van der Waals surface area contributed by atoms with Gasteiger partial charge in [0.15, 0.2) is 0 Å². The van der Waals surface area contributed by atoms with Crippen LogP contribution in [0.3, 0.4) is 0 Å². The second-order valence-electron chi connectivity index (χ2n) is 6.73. The lowest BCUT2D eigenvalue weighted by molar-refractivity contribution is -0.140. The van der Waals surface area contributed by atoms with Gasteiger partial charge in [0.2, 0.25) is 15.7 Å². The van der Waals surface area contributed by atoms with Crippen molar-refractivity contribution in [2.75, 3.05) is 13.1 Å². The molecule has 0 saturated heterocycles. The number of rotatable bonds is 9. The highest BCUT2D eigenvalue weighted by molar-refractivity contribution is 7.89. The fourth-order valence-corrected chi connectivity index (χ4v) is 4.49. The van der Waals surface area contributed by atoms with Crippen LogP contribution in [0.2, 0.25) is 0 Å². The summed E-state index contributed by atoms with van der Waals surface area (Å²) in [6.45, 7) is 7.22. The average Bonchev–Trinajstić information content (AvgIpc) is 2.74. The first-order valence-electron chi connectivity index (χ1n) is 9.84. The van der Waals surface area contributed by atoms with Crippen molar-refractivity contribution in [1.82, 2.24) is 4.31 Å². The van der Waals surface area contributed by atoms with E-state index in [4.69, 9.17) is 4.74 Å². The minimum absolute atomic E-state index is 0.0166. The third-order valence-electron chi connectivity index (χ3n) is 4.51. The third-order valence-corrected chi connectivity index (χ3v) is 6.70. The standard InChI is InChI=1S/C22H27N3O5S/c1-5-25(6-2)31(28,29)20-14-19(13-12-16(20)3)23-24-21(17(4)26)22(27)30-15-18-10-8-7-9-11-18/h7-14,26H,5-6,15H2,1-4H3. The predicted molar refractivity (Wildman–Crippen MR) is 117 cm³/mol. The summed E-state index contributed by atoms with van der Waals surface area (Å²) in [5.74, 6) is -1.19. The quantitative estimate of drug-likeness (QED) is 0.262. The summed E-state index contributed by atoms with van der Waals surface area (Å²) in [6, 6.07) is 13.7. The molecule has 1 N–H and O–H groups in total. The minimum Gasteiger partial charge on any atom is -0.510 e. The molecule has 166 valence electrons. The zero-order chi connectivity index (χ0) is 23.0. The number of hydrogen-bond acceptors (Lipinski definition) is 7. The Morgan fingerprint density at radius 3 is 2.32 bits per heavy atom. The summed E-state index contributed by atoms with van der Waals surface area (Å²) >= 11 is 0. The number of nitrogens with zero attached hydrogens (tertiary/aromatic N) is 3. The monoisotopic (exact) mass is 445 g/mol. The molecule has 0 unspecified atom stereocenters. The van der Waals surface area contributed by atoms with Crippen molar-refractivity contribution >= 4 is 21.7 Å². The van der Waals surface area contributed by atoms with Crippen LogP contribution in [-0.4, -0.2) is 36.9 Å². The van der Waals surface area contributed by atoms with E-state index in [1.165, 1.54) is 17.3 Å². The lowest BCUT2D eigenvalue weighted by Gasteiger charge is -2.19. The van der Waals surface area contributed by atoms with E-state index in [-0.39, 0.29) is 28.6 Å². The van der Waals surface area contributed by atoms with Gasteiger partial charge in [-0.25, -0.2) is 13.2 Å². The molecule has 0 amide bonds. The predicted octanol–water partition coefficient (Wildman–Crippen LogP) is 4.64. The highest BCUT2D eigenvalue weighted by atomic mass is 32.2. The Morgan fingerprint density at radius 2 is 1.74 bits per heavy atom. The van der Waals surface area contributed by atoms with Crippen molar-refractivity contribution in [1.29, 1.82) is 0 Å². The van der Waals surface area contributed by atoms with Gasteiger partial charge in [-0.2, -0.15) is 9.42 Å². The van der Waals surface area contributed by atoms with E-state index in [9.17, 15) is 18.3 Å². The van der Waals surface area contributed by atoms with Crippen molar-refractivity contribution in [2.24, 2.45) is 10.2 Å². The number of hydrogen-bond donors (Lipinski definition) is 1. The van der Waals surface area contributed by atoms with E-state index in [0.717, 1.165) is 5.56 Å². The van der Waals surface area contributed by atoms with Gasteiger partial charge in [-0.05, 0) is 37.1 Å². The van der Waals surface area contributed by atoms with E-state index in [2.05, 4.69) is 10.2 Å². The Hall–Kier alpha value is -3.04. The van der Waals surface area contributed by atoms with Crippen LogP contribution in [0.25, 0.3) is 0 Å². The smallest absolute Gasteiger partial charge is 0.362 e. The number of esters is 1. The molecule has 0 aliphatic heterocycles. The van der Waals surface area contributed by atoms with Gasteiger partial charge < -0.3 is 9.84 Å². The van der Waals surface area contributed by atoms with Crippen molar-refractivity contribution in [3.8, 4) is 0 Å². The van der Waals surface area contributed by atoms with Crippen LogP contribution in [-0.2, 0) is 26.2 Å². The molecule has 0 saturated carbocycles. The second-order valence-corrected chi connectivity index (χ2v) is 8.64. The van der Waals surface area contributed by atoms with Crippen LogP contribution in [0, 0.1) is 6.92 Å². The maximum Gasteiger partial charge on any atom is 0.362 e. The molecule has 2 rings (SSSR count). The van der Waals surface area contributed by atoms with E-state index in [1.54, 1.807) is 45.0 Å². The molecule has 0 aliphatic rings. The molecule has 0 atom stereocenters. The van der Waals surface area contributed by atoms with Crippen LogP contribution in [0.1, 0.15) is 31.9 Å². The van der Waals surface area contributed by atoms with Gasteiger partial charge >= 0.3 is 5.97 Å². The number of azo groups is 1. The number of allylic oxidation sites excluding steroid dienone is 1. The van der Waals surface area contributed by atoms with Gasteiger partial charge in [0, 0.05) is 13.1 Å². The molecule has 31 heavy (non-hydrogen) atoms. The molecule has 2 aromatic rings. The molecular weight excluding hydrogens is 418 g/mol. The first-order chi connectivity index (χ1) is 14.7. The summed E-state index contributed by atoms with van der Waals surface area (Å²) in [7, 11) is -3.69. The van der Waals surface area contributed by atoms with E-state index in [1.807, 2.05) is 18.2 Å². The summed E-state index contributed by atoms with van der Waals surface area (Å²) in [4.78, 5) is 12.4. The largest absolute Gasteiger partial charge is 0.510 e. The van der Waals surface area contributed by atoms with Crippen LogP contribution >= 0.6 is 0 Å². The summed E-state index contributed by atoms with van der Waals surface area (Å²) in [5, 5.41) is 17.6. The van der Waals surface area contributed by atoms with Crippen LogP contribution in [0.5, 0.6) is 0 Å². The fraction of sp³-hybridized carbons (Fsp3) is 0.318. The zero-order valence-electron chi connectivity index (χ0n) is 18.1. The number of aliphatic hydroxyl groups excluding tert-OH is 1. The zero-order valence-corrected chi connectivity index (χ0v) is 18.9. The summed E-state index contributed by atoms with van der Waals surface area (Å²) in [5.41, 5.74) is 1.23. The summed E-state index contributed by atoms with van der Waals surface area (Å²) < 4.78 is 32.3. The Balaban J connectivity index is 2.26. The third kappa shape index (κ3) is 6.22. The van der Waals surface area contributed by atoms with E-state index < -0.39 is 16.0 Å². The number of aliphatic hydroxyl groups is 1. The minimum atomic E-state index is -3.69. The molecule has 2 aromatic carbocycles. The van der Waals surface area contributed by atoms with E-state index in [0.29, 0.717) is 18.7 Å². The van der Waals surface area contributed by atoms with Crippen LogP contribution in [0.15, 0.2) is 75.1 Å². The van der Waals surface area contributed by atoms with E-state index >= 15 is 0 Å². The van der Waals surface area contributed by atoms with Crippen molar-refractivity contribution in [3.63, 3.8) is 0 Å². The van der Waals surface area contributed by atoms with Gasteiger partial charge in [0.25, 0.3) is 0 Å². The van der Waals surface area contributed by atoms with Gasteiger partial charge in [-0.3, -0.25) is 0 Å². The number of carbonyl (C=O) groups excluding carboxylic acids is 1. The first kappa shape index (κ1) is 24.2. The van der Waals surface area contributed by atoms with Gasteiger partial charge in [0.1, 0.15) is 12.4 Å².